The van der Waals surface area contributed by atoms with Crippen molar-refractivity contribution in [3.8, 4) is 5.75 Å². The summed E-state index contributed by atoms with van der Waals surface area (Å²) in [6, 6.07) is 17.4. The van der Waals surface area contributed by atoms with Crippen molar-refractivity contribution in [1.82, 2.24) is 10.2 Å². The molecule has 4 rings (SSSR count). The first-order chi connectivity index (χ1) is 15.4. The fraction of sp³-hybridized carbons (Fsp3) is 0.0909. The number of nitrogens with zero attached hydrogens (tertiary/aromatic N) is 2. The second-order valence-electron chi connectivity index (χ2n) is 6.61. The SMILES string of the molecule is Clc1cc(Cl)c(OCc2nnc(C(Nc3c(Cl)cccc3Cl)c3ccccc3)o2)c(Cl)c1. The van der Waals surface area contributed by atoms with Crippen LogP contribution in [0.3, 0.4) is 0 Å². The van der Waals surface area contributed by atoms with Gasteiger partial charge >= 0.3 is 0 Å². The molecule has 0 amide bonds. The fourth-order valence-corrected chi connectivity index (χ4v) is 4.39. The van der Waals surface area contributed by atoms with Gasteiger partial charge in [-0.3, -0.25) is 0 Å². The number of rotatable bonds is 7. The largest absolute Gasteiger partial charge is 0.481 e. The zero-order chi connectivity index (χ0) is 22.7. The normalized spacial score (nSPS) is 11.9. The number of benzene rings is 3. The van der Waals surface area contributed by atoms with E-state index in [1.165, 1.54) is 12.1 Å². The van der Waals surface area contributed by atoms with E-state index < -0.39 is 6.04 Å². The van der Waals surface area contributed by atoms with Crippen LogP contribution < -0.4 is 10.1 Å². The molecule has 0 fully saturated rings. The van der Waals surface area contributed by atoms with Crippen LogP contribution >= 0.6 is 58.0 Å². The smallest absolute Gasteiger partial charge is 0.254 e. The third-order valence-electron chi connectivity index (χ3n) is 4.42. The van der Waals surface area contributed by atoms with Gasteiger partial charge in [-0.2, -0.15) is 0 Å². The Bertz CT molecular complexity index is 1190. The van der Waals surface area contributed by atoms with Crippen LogP contribution in [0, 0.1) is 0 Å². The second kappa shape index (κ2) is 10.2. The summed E-state index contributed by atoms with van der Waals surface area (Å²) in [6.07, 6.45) is 0. The van der Waals surface area contributed by atoms with Gasteiger partial charge in [0.15, 0.2) is 12.4 Å². The summed E-state index contributed by atoms with van der Waals surface area (Å²) in [4.78, 5) is 0. The van der Waals surface area contributed by atoms with Gasteiger partial charge in [0.05, 0.1) is 25.8 Å². The lowest BCUT2D eigenvalue weighted by Crippen LogP contribution is -2.13. The number of anilines is 1. The maximum atomic E-state index is 6.34. The standard InChI is InChI=1S/C22H14Cl5N3O2/c23-13-9-16(26)21(17(27)10-13)31-11-18-29-30-22(32-18)19(12-5-2-1-3-6-12)28-20-14(24)7-4-8-15(20)25/h1-10,19,28H,11H2. The van der Waals surface area contributed by atoms with Gasteiger partial charge in [0.25, 0.3) is 5.89 Å². The molecule has 0 aliphatic rings. The van der Waals surface area contributed by atoms with E-state index in [0.717, 1.165) is 5.56 Å². The average molecular weight is 530 g/mol. The molecule has 0 saturated carbocycles. The zero-order valence-corrected chi connectivity index (χ0v) is 19.9. The molecule has 1 atom stereocenters. The van der Waals surface area contributed by atoms with Gasteiger partial charge in [-0.05, 0) is 29.8 Å². The van der Waals surface area contributed by atoms with Crippen LogP contribution in [0.1, 0.15) is 23.4 Å². The van der Waals surface area contributed by atoms with Crippen LogP contribution in [0.4, 0.5) is 5.69 Å². The topological polar surface area (TPSA) is 60.2 Å². The Kier molecular flexibility index (Phi) is 7.33. The van der Waals surface area contributed by atoms with Crippen molar-refractivity contribution in [2.75, 3.05) is 5.32 Å². The summed E-state index contributed by atoms with van der Waals surface area (Å²) in [5.74, 6) is 0.812. The van der Waals surface area contributed by atoms with Crippen molar-refractivity contribution in [1.29, 1.82) is 0 Å². The van der Waals surface area contributed by atoms with E-state index in [1.807, 2.05) is 30.3 Å². The molecule has 1 heterocycles. The monoisotopic (exact) mass is 527 g/mol. The number of nitrogens with one attached hydrogen (secondary N) is 1. The van der Waals surface area contributed by atoms with E-state index in [4.69, 9.17) is 67.2 Å². The average Bonchev–Trinajstić information content (AvgIpc) is 3.22. The van der Waals surface area contributed by atoms with Crippen LogP contribution in [0.15, 0.2) is 65.1 Å². The van der Waals surface area contributed by atoms with Crippen molar-refractivity contribution >= 4 is 63.7 Å². The molecule has 0 aliphatic heterocycles. The van der Waals surface area contributed by atoms with E-state index >= 15 is 0 Å². The molecule has 164 valence electrons. The molecule has 32 heavy (non-hydrogen) atoms. The lowest BCUT2D eigenvalue weighted by atomic mass is 10.1. The van der Waals surface area contributed by atoms with Crippen molar-refractivity contribution in [2.24, 2.45) is 0 Å². The van der Waals surface area contributed by atoms with Crippen LogP contribution in [0.25, 0.3) is 0 Å². The first-order valence-electron chi connectivity index (χ1n) is 9.27. The van der Waals surface area contributed by atoms with Crippen molar-refractivity contribution in [3.63, 3.8) is 0 Å². The Morgan fingerprint density at radius 3 is 2.12 bits per heavy atom. The minimum Gasteiger partial charge on any atom is -0.481 e. The molecular weight excluding hydrogens is 516 g/mol. The molecule has 1 aromatic heterocycles. The highest BCUT2D eigenvalue weighted by atomic mass is 35.5. The summed E-state index contributed by atoms with van der Waals surface area (Å²) in [5, 5.41) is 13.5. The predicted molar refractivity (Wildman–Crippen MR) is 128 cm³/mol. The molecule has 0 spiro atoms. The second-order valence-corrected chi connectivity index (χ2v) is 8.67. The van der Waals surface area contributed by atoms with E-state index in [2.05, 4.69) is 15.5 Å². The highest BCUT2D eigenvalue weighted by Gasteiger charge is 2.23. The minimum atomic E-state index is -0.502. The van der Waals surface area contributed by atoms with Gasteiger partial charge in [0, 0.05) is 5.02 Å². The molecule has 0 radical (unpaired) electrons. The summed E-state index contributed by atoms with van der Waals surface area (Å²) in [7, 11) is 0. The highest BCUT2D eigenvalue weighted by Crippen LogP contribution is 2.37. The molecule has 10 heteroatoms. The summed E-state index contributed by atoms with van der Waals surface area (Å²) >= 11 is 30.9. The number of aromatic nitrogens is 2. The Labute approximate surface area is 209 Å². The van der Waals surface area contributed by atoms with Crippen LogP contribution in [0.2, 0.25) is 25.1 Å². The number of halogens is 5. The van der Waals surface area contributed by atoms with Crippen LogP contribution in [-0.4, -0.2) is 10.2 Å². The molecule has 1 unspecified atom stereocenters. The maximum absolute atomic E-state index is 6.34. The van der Waals surface area contributed by atoms with Gasteiger partial charge in [-0.1, -0.05) is 94.4 Å². The van der Waals surface area contributed by atoms with E-state index in [-0.39, 0.29) is 28.3 Å². The van der Waals surface area contributed by atoms with E-state index in [1.54, 1.807) is 18.2 Å². The van der Waals surface area contributed by atoms with Crippen molar-refractivity contribution in [2.45, 2.75) is 12.6 Å². The molecule has 4 aromatic rings. The lowest BCUT2D eigenvalue weighted by molar-refractivity contribution is 0.258. The first kappa shape index (κ1) is 23.0. The first-order valence-corrected chi connectivity index (χ1v) is 11.2. The molecule has 1 N–H and O–H groups in total. The molecule has 0 bridgehead atoms. The van der Waals surface area contributed by atoms with Crippen LogP contribution in [-0.2, 0) is 6.61 Å². The third-order valence-corrected chi connectivity index (χ3v) is 5.83. The molecule has 0 saturated heterocycles. The highest BCUT2D eigenvalue weighted by molar-refractivity contribution is 6.40. The van der Waals surface area contributed by atoms with E-state index in [0.29, 0.717) is 26.6 Å². The van der Waals surface area contributed by atoms with Crippen molar-refractivity contribution < 1.29 is 9.15 Å². The maximum Gasteiger partial charge on any atom is 0.254 e. The number of para-hydroxylation sites is 1. The summed E-state index contributed by atoms with van der Waals surface area (Å²) < 4.78 is 11.6. The Balaban J connectivity index is 1.60. The number of hydrogen-bond donors (Lipinski definition) is 1. The number of hydrogen-bond acceptors (Lipinski definition) is 5. The van der Waals surface area contributed by atoms with Gasteiger partial charge in [0.2, 0.25) is 5.89 Å². The van der Waals surface area contributed by atoms with Gasteiger partial charge in [-0.25, -0.2) is 0 Å². The van der Waals surface area contributed by atoms with Gasteiger partial charge in [-0.15, -0.1) is 10.2 Å². The Morgan fingerprint density at radius 2 is 1.47 bits per heavy atom. The number of ether oxygens (including phenoxy) is 1. The fourth-order valence-electron chi connectivity index (χ4n) is 2.96. The van der Waals surface area contributed by atoms with Crippen LogP contribution in [0.5, 0.6) is 5.75 Å². The summed E-state index contributed by atoms with van der Waals surface area (Å²) in [6.45, 7) is -0.0393. The summed E-state index contributed by atoms with van der Waals surface area (Å²) in [5.41, 5.74) is 1.43. The molecule has 5 nitrogen and oxygen atoms in total. The van der Waals surface area contributed by atoms with Gasteiger partial charge in [0.1, 0.15) is 6.04 Å². The molecule has 0 aliphatic carbocycles. The minimum absolute atomic E-state index is 0.0393. The predicted octanol–water partition coefficient (Wildman–Crippen LogP) is 8.12. The lowest BCUT2D eigenvalue weighted by Gasteiger charge is -2.19. The van der Waals surface area contributed by atoms with Gasteiger partial charge < -0.3 is 14.5 Å². The Hall–Kier alpha value is -2.15. The molecular formula is C22H14Cl5N3O2. The zero-order valence-electron chi connectivity index (χ0n) is 16.2. The molecule has 3 aromatic carbocycles. The Morgan fingerprint density at radius 1 is 0.812 bits per heavy atom. The quantitative estimate of drug-likeness (QED) is 0.262. The van der Waals surface area contributed by atoms with E-state index in [9.17, 15) is 0 Å². The van der Waals surface area contributed by atoms with Crippen molar-refractivity contribution in [3.05, 3.63) is 103 Å². The third kappa shape index (κ3) is 5.25.